The number of carbonyl (C=O) groups excluding carboxylic acids is 1. The van der Waals surface area contributed by atoms with Gasteiger partial charge in [0.05, 0.1) is 25.4 Å². The van der Waals surface area contributed by atoms with Gasteiger partial charge in [0, 0.05) is 6.42 Å². The van der Waals surface area contributed by atoms with E-state index in [9.17, 15) is 30.3 Å². The third-order valence-corrected chi connectivity index (χ3v) is 11.2. The van der Waals surface area contributed by atoms with Gasteiger partial charge in [-0.25, -0.2) is 0 Å². The summed E-state index contributed by atoms with van der Waals surface area (Å²) in [7, 11) is 0. The number of ether oxygens (including phenoxy) is 2. The molecule has 9 nitrogen and oxygen atoms in total. The lowest BCUT2D eigenvalue weighted by molar-refractivity contribution is -0.302. The van der Waals surface area contributed by atoms with E-state index in [0.29, 0.717) is 6.42 Å². The highest BCUT2D eigenvalue weighted by molar-refractivity contribution is 5.76. The molecule has 0 radical (unpaired) electrons. The lowest BCUT2D eigenvalue weighted by atomic mass is 9.99. The first kappa shape index (κ1) is 53.4. The second-order valence-electron chi connectivity index (χ2n) is 16.5. The molecule has 0 aliphatic carbocycles. The van der Waals surface area contributed by atoms with Crippen molar-refractivity contribution in [1.82, 2.24) is 5.32 Å². The van der Waals surface area contributed by atoms with Gasteiger partial charge in [-0.15, -0.1) is 0 Å². The second-order valence-corrected chi connectivity index (χ2v) is 16.5. The zero-order valence-corrected chi connectivity index (χ0v) is 36.6. The number of unbranched alkanes of at least 4 members (excludes halogenated alkanes) is 25. The zero-order chi connectivity index (χ0) is 41.6. The number of nitrogens with one attached hydrogen (secondary N) is 1. The van der Waals surface area contributed by atoms with Crippen LogP contribution in [0, 0.1) is 0 Å². The van der Waals surface area contributed by atoms with Gasteiger partial charge in [-0.3, -0.25) is 4.79 Å². The Hall–Kier alpha value is -1.59. The van der Waals surface area contributed by atoms with Crippen molar-refractivity contribution < 1.29 is 39.8 Å². The van der Waals surface area contributed by atoms with E-state index in [1.54, 1.807) is 6.08 Å². The van der Waals surface area contributed by atoms with E-state index in [1.165, 1.54) is 141 Å². The minimum atomic E-state index is -1.57. The molecule has 9 heteroatoms. The van der Waals surface area contributed by atoms with Gasteiger partial charge in [-0.2, -0.15) is 0 Å². The third-order valence-electron chi connectivity index (χ3n) is 11.2. The van der Waals surface area contributed by atoms with Gasteiger partial charge >= 0.3 is 0 Å². The topological polar surface area (TPSA) is 149 Å². The van der Waals surface area contributed by atoms with Crippen molar-refractivity contribution in [2.24, 2.45) is 0 Å². The first-order chi connectivity index (χ1) is 27.8. The van der Waals surface area contributed by atoms with E-state index in [1.807, 2.05) is 6.08 Å². The van der Waals surface area contributed by atoms with Crippen LogP contribution in [0.5, 0.6) is 0 Å². The monoisotopic (exact) mass is 808 g/mol. The molecule has 1 heterocycles. The maximum absolute atomic E-state index is 12.9. The number of amides is 1. The van der Waals surface area contributed by atoms with Crippen molar-refractivity contribution in [1.29, 1.82) is 0 Å². The first-order valence-electron chi connectivity index (χ1n) is 23.7. The Labute approximate surface area is 349 Å². The van der Waals surface area contributed by atoms with E-state index in [4.69, 9.17) is 9.47 Å². The van der Waals surface area contributed by atoms with Gasteiger partial charge in [0.15, 0.2) is 6.29 Å². The molecule has 0 spiro atoms. The smallest absolute Gasteiger partial charge is 0.220 e. The van der Waals surface area contributed by atoms with Crippen LogP contribution in [0.2, 0.25) is 0 Å². The minimum Gasteiger partial charge on any atom is -0.394 e. The summed E-state index contributed by atoms with van der Waals surface area (Å²) in [4.78, 5) is 12.9. The number of hydrogen-bond acceptors (Lipinski definition) is 8. The number of aliphatic hydroxyl groups excluding tert-OH is 5. The van der Waals surface area contributed by atoms with Crippen LogP contribution in [-0.2, 0) is 14.3 Å². The normalized spacial score (nSPS) is 21.3. The van der Waals surface area contributed by atoms with E-state index in [0.717, 1.165) is 44.9 Å². The number of carbonyl (C=O) groups is 1. The fourth-order valence-corrected chi connectivity index (χ4v) is 7.35. The lowest BCUT2D eigenvalue weighted by Gasteiger charge is -2.40. The quantitative estimate of drug-likeness (QED) is 0.0266. The van der Waals surface area contributed by atoms with Gasteiger partial charge in [0.2, 0.25) is 5.91 Å². The van der Waals surface area contributed by atoms with Crippen molar-refractivity contribution in [3.8, 4) is 0 Å². The van der Waals surface area contributed by atoms with Crippen LogP contribution in [0.1, 0.15) is 206 Å². The van der Waals surface area contributed by atoms with E-state index in [2.05, 4.69) is 43.5 Å². The molecule has 0 aromatic heterocycles. The second kappa shape index (κ2) is 38.6. The van der Waals surface area contributed by atoms with Crippen LogP contribution >= 0.6 is 0 Å². The van der Waals surface area contributed by atoms with Crippen molar-refractivity contribution in [2.75, 3.05) is 13.2 Å². The predicted octanol–water partition coefficient (Wildman–Crippen LogP) is 10.1. The molecule has 7 atom stereocenters. The maximum atomic E-state index is 12.9. The highest BCUT2D eigenvalue weighted by Crippen LogP contribution is 2.22. The van der Waals surface area contributed by atoms with Crippen LogP contribution in [0.25, 0.3) is 0 Å². The Kier molecular flexibility index (Phi) is 36.2. The van der Waals surface area contributed by atoms with Crippen molar-refractivity contribution in [3.63, 3.8) is 0 Å². The lowest BCUT2D eigenvalue weighted by Crippen LogP contribution is -2.60. The van der Waals surface area contributed by atoms with E-state index >= 15 is 0 Å². The molecule has 7 unspecified atom stereocenters. The van der Waals surface area contributed by atoms with Gasteiger partial charge in [-0.1, -0.05) is 185 Å². The Bertz CT molecular complexity index is 987. The van der Waals surface area contributed by atoms with E-state index in [-0.39, 0.29) is 12.5 Å². The molecule has 1 rings (SSSR count). The number of rotatable bonds is 39. The molecule has 1 amide bonds. The fourth-order valence-electron chi connectivity index (χ4n) is 7.35. The fraction of sp³-hybridized carbons (Fsp3) is 0.854. The molecule has 1 aliphatic heterocycles. The molecule has 0 saturated carbocycles. The molecular weight excluding hydrogens is 719 g/mol. The molecule has 0 bridgehead atoms. The minimum absolute atomic E-state index is 0.191. The number of hydrogen-bond donors (Lipinski definition) is 6. The van der Waals surface area contributed by atoms with Crippen LogP contribution in [0.3, 0.4) is 0 Å². The van der Waals surface area contributed by atoms with Crippen LogP contribution in [-0.4, -0.2) is 87.5 Å². The van der Waals surface area contributed by atoms with Crippen LogP contribution in [0.15, 0.2) is 36.5 Å². The summed E-state index contributed by atoms with van der Waals surface area (Å²) >= 11 is 0. The molecule has 1 saturated heterocycles. The molecule has 57 heavy (non-hydrogen) atoms. The highest BCUT2D eigenvalue weighted by Gasteiger charge is 2.44. The Morgan fingerprint density at radius 2 is 1.04 bits per heavy atom. The molecule has 334 valence electrons. The van der Waals surface area contributed by atoms with Crippen LogP contribution in [0.4, 0.5) is 0 Å². The Balaban J connectivity index is 2.13. The zero-order valence-electron chi connectivity index (χ0n) is 36.6. The summed E-state index contributed by atoms with van der Waals surface area (Å²) < 4.78 is 11.1. The standard InChI is InChI=1S/C48H89NO8/c1-3-5-7-9-11-12-13-14-15-16-17-18-19-20-21-22-23-24-25-26-27-28-29-30-32-34-36-38-44(52)49-41(42(51)37-35-33-31-10-8-6-4-2)40-56-48-47(55)46(54)45(53)43(39-50)57-48/h8,10,16-17,35,37,41-43,45-48,50-51,53-55H,3-7,9,11-15,18-34,36,38-40H2,1-2H3,(H,49,52)/b10-8+,17-16-,37-35+. The van der Waals surface area contributed by atoms with Crippen molar-refractivity contribution in [3.05, 3.63) is 36.5 Å². The summed E-state index contributed by atoms with van der Waals surface area (Å²) in [5.74, 6) is -0.191. The third kappa shape index (κ3) is 29.3. The largest absolute Gasteiger partial charge is 0.394 e. The molecule has 0 aromatic rings. The summed E-state index contributed by atoms with van der Waals surface area (Å²) in [6.45, 7) is 3.64. The SMILES string of the molecule is CCC/C=C/CC/C=C/C(O)C(COC1OC(CO)C(O)C(O)C1O)NC(=O)CCCCCCCCCCCCCCCCC/C=C\CCCCCCCCCC. The van der Waals surface area contributed by atoms with Crippen LogP contribution < -0.4 is 5.32 Å². The first-order valence-corrected chi connectivity index (χ1v) is 23.7. The number of allylic oxidation sites excluding steroid dienone is 5. The Morgan fingerprint density at radius 3 is 1.54 bits per heavy atom. The van der Waals surface area contributed by atoms with E-state index < -0.39 is 49.5 Å². The molecule has 0 aromatic carbocycles. The number of aliphatic hydroxyl groups is 5. The summed E-state index contributed by atoms with van der Waals surface area (Å²) in [6, 6.07) is -0.816. The summed E-state index contributed by atoms with van der Waals surface area (Å²) in [6.07, 6.45) is 41.0. The van der Waals surface area contributed by atoms with Crippen molar-refractivity contribution >= 4 is 5.91 Å². The molecule has 1 aliphatic rings. The summed E-state index contributed by atoms with van der Waals surface area (Å²) in [5, 5.41) is 53.8. The maximum Gasteiger partial charge on any atom is 0.220 e. The van der Waals surface area contributed by atoms with Gasteiger partial charge in [0.1, 0.15) is 24.4 Å². The highest BCUT2D eigenvalue weighted by atomic mass is 16.7. The Morgan fingerprint density at radius 1 is 0.579 bits per heavy atom. The molecular formula is C48H89NO8. The summed E-state index contributed by atoms with van der Waals surface area (Å²) in [5.41, 5.74) is 0. The van der Waals surface area contributed by atoms with Gasteiger partial charge in [-0.05, 0) is 51.4 Å². The average molecular weight is 808 g/mol. The van der Waals surface area contributed by atoms with Gasteiger partial charge < -0.3 is 40.3 Å². The molecule has 6 N–H and O–H groups in total. The van der Waals surface area contributed by atoms with Crippen molar-refractivity contribution in [2.45, 2.75) is 249 Å². The predicted molar refractivity (Wildman–Crippen MR) is 235 cm³/mol. The van der Waals surface area contributed by atoms with Gasteiger partial charge in [0.25, 0.3) is 0 Å². The average Bonchev–Trinajstić information content (AvgIpc) is 3.21. The molecule has 1 fully saturated rings.